The Hall–Kier alpha value is -2.80. The Morgan fingerprint density at radius 1 is 1.14 bits per heavy atom. The first-order valence-corrected chi connectivity index (χ1v) is 9.56. The number of benzene rings is 1. The molecule has 1 aliphatic heterocycles. The number of hydrogen-bond acceptors (Lipinski definition) is 4. The second-order valence-electron chi connectivity index (χ2n) is 7.28. The highest BCUT2D eigenvalue weighted by Gasteiger charge is 2.26. The summed E-state index contributed by atoms with van der Waals surface area (Å²) in [5, 5.41) is 12.0. The molecule has 2 amide bonds. The monoisotopic (exact) mass is 385 g/mol. The molecule has 0 spiro atoms. The lowest BCUT2D eigenvalue weighted by Crippen LogP contribution is -2.45. The van der Waals surface area contributed by atoms with Crippen molar-refractivity contribution in [3.8, 4) is 0 Å². The molecular formula is C21H27N3O4. The molecule has 1 fully saturated rings. The average molecular weight is 385 g/mol. The number of furan rings is 1. The number of rotatable bonds is 7. The van der Waals surface area contributed by atoms with E-state index in [1.165, 1.54) is 0 Å². The van der Waals surface area contributed by atoms with E-state index in [1.54, 1.807) is 11.2 Å². The zero-order chi connectivity index (χ0) is 19.9. The normalized spacial score (nSPS) is 15.0. The predicted octanol–water partition coefficient (Wildman–Crippen LogP) is 2.92. The molecule has 1 saturated heterocycles. The van der Waals surface area contributed by atoms with Crippen molar-refractivity contribution in [1.29, 1.82) is 0 Å². The summed E-state index contributed by atoms with van der Waals surface area (Å²) in [6, 6.07) is 11.8. The summed E-state index contributed by atoms with van der Waals surface area (Å²) in [6.45, 7) is 2.87. The zero-order valence-electron chi connectivity index (χ0n) is 16.1. The summed E-state index contributed by atoms with van der Waals surface area (Å²) in [6.07, 6.45) is 2.69. The number of aliphatic carboxylic acids is 1. The first-order chi connectivity index (χ1) is 13.5. The summed E-state index contributed by atoms with van der Waals surface area (Å²) in [4.78, 5) is 27.3. The Balaban J connectivity index is 1.52. The standard InChI is InChI=1S/C21H27N3O4/c1-23(15-19-7-4-12-28-19)14-18-6-3-2-5-17(18)13-22-21(27)24-10-8-16(9-11-24)20(25)26/h2-7,12,16H,8-11,13-15H2,1H3,(H,22,27)(H,25,26). The molecule has 0 unspecified atom stereocenters. The van der Waals surface area contributed by atoms with E-state index in [0.717, 1.165) is 23.4 Å². The van der Waals surface area contributed by atoms with E-state index in [4.69, 9.17) is 9.52 Å². The maximum atomic E-state index is 12.4. The highest BCUT2D eigenvalue weighted by molar-refractivity contribution is 5.75. The van der Waals surface area contributed by atoms with Gasteiger partial charge in [-0.25, -0.2) is 4.79 Å². The fraction of sp³-hybridized carbons (Fsp3) is 0.429. The number of likely N-dealkylation sites (tertiary alicyclic amines) is 1. The van der Waals surface area contributed by atoms with Gasteiger partial charge < -0.3 is 19.7 Å². The van der Waals surface area contributed by atoms with Gasteiger partial charge in [0.1, 0.15) is 5.76 Å². The van der Waals surface area contributed by atoms with Gasteiger partial charge in [0, 0.05) is 26.2 Å². The van der Waals surface area contributed by atoms with E-state index in [-0.39, 0.29) is 11.9 Å². The minimum absolute atomic E-state index is 0.136. The van der Waals surface area contributed by atoms with Crippen LogP contribution in [0.2, 0.25) is 0 Å². The molecule has 0 aliphatic carbocycles. The Morgan fingerprint density at radius 2 is 1.86 bits per heavy atom. The second-order valence-corrected chi connectivity index (χ2v) is 7.28. The number of nitrogens with zero attached hydrogens (tertiary/aromatic N) is 2. The molecule has 28 heavy (non-hydrogen) atoms. The van der Waals surface area contributed by atoms with Gasteiger partial charge in [0.15, 0.2) is 0 Å². The van der Waals surface area contributed by atoms with E-state index >= 15 is 0 Å². The topological polar surface area (TPSA) is 86.0 Å². The minimum Gasteiger partial charge on any atom is -0.481 e. The van der Waals surface area contributed by atoms with E-state index in [9.17, 15) is 9.59 Å². The highest BCUT2D eigenvalue weighted by Crippen LogP contribution is 2.18. The predicted molar refractivity (Wildman–Crippen MR) is 104 cm³/mol. The highest BCUT2D eigenvalue weighted by atomic mass is 16.4. The lowest BCUT2D eigenvalue weighted by atomic mass is 9.97. The van der Waals surface area contributed by atoms with Gasteiger partial charge in [-0.05, 0) is 43.1 Å². The Kier molecular flexibility index (Phi) is 6.71. The number of amides is 2. The number of hydrogen-bond donors (Lipinski definition) is 2. The molecule has 1 aliphatic rings. The fourth-order valence-corrected chi connectivity index (χ4v) is 3.51. The molecule has 2 aromatic rings. The van der Waals surface area contributed by atoms with E-state index in [0.29, 0.717) is 39.0 Å². The van der Waals surface area contributed by atoms with Gasteiger partial charge in [0.2, 0.25) is 0 Å². The van der Waals surface area contributed by atoms with Crippen molar-refractivity contribution >= 4 is 12.0 Å². The number of carbonyl (C=O) groups is 2. The number of carboxylic acid groups (broad SMARTS) is 1. The van der Waals surface area contributed by atoms with Crippen LogP contribution >= 0.6 is 0 Å². The molecule has 7 heteroatoms. The van der Waals surface area contributed by atoms with Crippen molar-refractivity contribution in [2.45, 2.75) is 32.5 Å². The van der Waals surface area contributed by atoms with Crippen LogP contribution in [0.25, 0.3) is 0 Å². The SMILES string of the molecule is CN(Cc1ccco1)Cc1ccccc1CNC(=O)N1CCC(C(=O)O)CC1. The molecule has 0 saturated carbocycles. The van der Waals surface area contributed by atoms with Crippen molar-refractivity contribution in [2.24, 2.45) is 5.92 Å². The summed E-state index contributed by atoms with van der Waals surface area (Å²) in [7, 11) is 2.03. The molecule has 1 aromatic heterocycles. The van der Waals surface area contributed by atoms with E-state index < -0.39 is 5.97 Å². The third kappa shape index (κ3) is 5.36. The van der Waals surface area contributed by atoms with Crippen LogP contribution in [-0.2, 0) is 24.4 Å². The summed E-state index contributed by atoms with van der Waals surface area (Å²) in [5.41, 5.74) is 2.23. The fourth-order valence-electron chi connectivity index (χ4n) is 3.51. The average Bonchev–Trinajstić information content (AvgIpc) is 3.20. The number of nitrogens with one attached hydrogen (secondary N) is 1. The Bertz CT molecular complexity index is 783. The van der Waals surface area contributed by atoms with Crippen molar-refractivity contribution in [2.75, 3.05) is 20.1 Å². The van der Waals surface area contributed by atoms with Crippen LogP contribution in [0.1, 0.15) is 29.7 Å². The second kappa shape index (κ2) is 9.41. The quantitative estimate of drug-likeness (QED) is 0.765. The third-order valence-corrected chi connectivity index (χ3v) is 5.13. The maximum absolute atomic E-state index is 12.4. The van der Waals surface area contributed by atoms with E-state index in [2.05, 4.69) is 16.3 Å². The zero-order valence-corrected chi connectivity index (χ0v) is 16.1. The Morgan fingerprint density at radius 3 is 2.50 bits per heavy atom. The molecule has 0 atom stereocenters. The molecule has 150 valence electrons. The van der Waals surface area contributed by atoms with Crippen LogP contribution in [0.15, 0.2) is 47.1 Å². The van der Waals surface area contributed by atoms with Crippen molar-refractivity contribution in [1.82, 2.24) is 15.1 Å². The minimum atomic E-state index is -0.771. The Labute approximate surface area is 164 Å². The smallest absolute Gasteiger partial charge is 0.317 e. The van der Waals surface area contributed by atoms with Gasteiger partial charge in [0.25, 0.3) is 0 Å². The lowest BCUT2D eigenvalue weighted by Gasteiger charge is -2.30. The van der Waals surface area contributed by atoms with Crippen molar-refractivity contribution < 1.29 is 19.1 Å². The molecule has 0 radical (unpaired) electrons. The van der Waals surface area contributed by atoms with Gasteiger partial charge in [-0.1, -0.05) is 24.3 Å². The van der Waals surface area contributed by atoms with Gasteiger partial charge in [-0.3, -0.25) is 9.69 Å². The summed E-state index contributed by atoms with van der Waals surface area (Å²) in [5.74, 6) is -0.194. The van der Waals surface area contributed by atoms with Crippen LogP contribution < -0.4 is 5.32 Å². The van der Waals surface area contributed by atoms with Crippen LogP contribution in [0, 0.1) is 5.92 Å². The first-order valence-electron chi connectivity index (χ1n) is 9.56. The van der Waals surface area contributed by atoms with Crippen LogP contribution in [0.5, 0.6) is 0 Å². The van der Waals surface area contributed by atoms with Crippen molar-refractivity contribution in [3.05, 3.63) is 59.5 Å². The molecule has 0 bridgehead atoms. The molecule has 7 nitrogen and oxygen atoms in total. The number of carbonyl (C=O) groups excluding carboxylic acids is 1. The van der Waals surface area contributed by atoms with Gasteiger partial charge in [-0.2, -0.15) is 0 Å². The molecule has 2 heterocycles. The van der Waals surface area contributed by atoms with Crippen LogP contribution in [-0.4, -0.2) is 47.0 Å². The molecule has 2 N–H and O–H groups in total. The van der Waals surface area contributed by atoms with E-state index in [1.807, 2.05) is 37.4 Å². The maximum Gasteiger partial charge on any atom is 0.317 e. The summed E-state index contributed by atoms with van der Waals surface area (Å²) < 4.78 is 5.40. The lowest BCUT2D eigenvalue weighted by molar-refractivity contribution is -0.143. The van der Waals surface area contributed by atoms with Gasteiger partial charge in [-0.15, -0.1) is 0 Å². The number of urea groups is 1. The molecule has 1 aromatic carbocycles. The van der Waals surface area contributed by atoms with Gasteiger partial charge in [0.05, 0.1) is 18.7 Å². The number of carboxylic acids is 1. The molecule has 3 rings (SSSR count). The van der Waals surface area contributed by atoms with Crippen LogP contribution in [0.3, 0.4) is 0 Å². The van der Waals surface area contributed by atoms with Crippen LogP contribution in [0.4, 0.5) is 4.79 Å². The first kappa shape index (κ1) is 19.9. The largest absolute Gasteiger partial charge is 0.481 e. The van der Waals surface area contributed by atoms with Crippen molar-refractivity contribution in [3.63, 3.8) is 0 Å². The summed E-state index contributed by atoms with van der Waals surface area (Å²) >= 11 is 0. The number of piperidine rings is 1. The van der Waals surface area contributed by atoms with Gasteiger partial charge >= 0.3 is 12.0 Å². The third-order valence-electron chi connectivity index (χ3n) is 5.13. The molecular weight excluding hydrogens is 358 g/mol.